The van der Waals surface area contributed by atoms with Gasteiger partial charge >= 0.3 is 0 Å². The molecule has 0 radical (unpaired) electrons. The number of hydrogen-bond donors (Lipinski definition) is 0. The second kappa shape index (κ2) is 6.96. The van der Waals surface area contributed by atoms with E-state index in [0.29, 0.717) is 22.1 Å². The Bertz CT molecular complexity index is 647. The third kappa shape index (κ3) is 3.99. The first-order chi connectivity index (χ1) is 10.0. The Hall–Kier alpha value is -1.52. The monoisotopic (exact) mass is 368 g/mol. The average molecular weight is 370 g/mol. The van der Waals surface area contributed by atoms with Crippen LogP contribution in [-0.4, -0.2) is 19.5 Å². The van der Waals surface area contributed by atoms with Gasteiger partial charge in [0, 0.05) is 10.0 Å². The highest BCUT2D eigenvalue weighted by Gasteiger charge is 2.12. The Kier molecular flexibility index (Phi) is 5.26. The van der Waals surface area contributed by atoms with Crippen molar-refractivity contribution in [3.8, 4) is 11.5 Å². The van der Waals surface area contributed by atoms with E-state index in [4.69, 9.17) is 21.1 Å². The molecule has 2 aromatic rings. The van der Waals surface area contributed by atoms with E-state index in [1.54, 1.807) is 37.4 Å². The van der Waals surface area contributed by atoms with Gasteiger partial charge in [0.05, 0.1) is 12.1 Å². The Balaban J connectivity index is 2.11. The van der Waals surface area contributed by atoms with Gasteiger partial charge in [-0.05, 0) is 36.8 Å². The van der Waals surface area contributed by atoms with Crippen molar-refractivity contribution >= 4 is 33.3 Å². The second-order valence-electron chi connectivity index (χ2n) is 4.48. The van der Waals surface area contributed by atoms with E-state index in [-0.39, 0.29) is 12.4 Å². The maximum absolute atomic E-state index is 12.1. The number of halogens is 2. The lowest BCUT2D eigenvalue weighted by molar-refractivity contribution is 0.0921. The van der Waals surface area contributed by atoms with Gasteiger partial charge < -0.3 is 9.47 Å². The maximum Gasteiger partial charge on any atom is 0.200 e. The standard InChI is InChI=1S/C16H14BrClO3/c1-10-6-12(17)8-14(18)16(10)21-9-15(19)11-4-3-5-13(7-11)20-2/h3-8H,9H2,1-2H3. The predicted octanol–water partition coefficient (Wildman–Crippen LogP) is 4.68. The molecule has 2 aromatic carbocycles. The minimum Gasteiger partial charge on any atom is -0.497 e. The molecule has 3 nitrogen and oxygen atoms in total. The fraction of sp³-hybridized carbons (Fsp3) is 0.188. The van der Waals surface area contributed by atoms with Gasteiger partial charge in [0.15, 0.2) is 12.4 Å². The zero-order valence-corrected chi connectivity index (χ0v) is 14.0. The van der Waals surface area contributed by atoms with Gasteiger partial charge in [-0.15, -0.1) is 0 Å². The van der Waals surface area contributed by atoms with Gasteiger partial charge in [-0.3, -0.25) is 4.79 Å². The highest BCUT2D eigenvalue weighted by molar-refractivity contribution is 9.10. The van der Waals surface area contributed by atoms with E-state index in [0.717, 1.165) is 10.0 Å². The van der Waals surface area contributed by atoms with Crippen LogP contribution < -0.4 is 9.47 Å². The van der Waals surface area contributed by atoms with Crippen LogP contribution in [0.15, 0.2) is 40.9 Å². The Morgan fingerprint density at radius 2 is 2.05 bits per heavy atom. The summed E-state index contributed by atoms with van der Waals surface area (Å²) in [6, 6.07) is 10.6. The van der Waals surface area contributed by atoms with Gasteiger partial charge in [-0.25, -0.2) is 0 Å². The quantitative estimate of drug-likeness (QED) is 0.718. The highest BCUT2D eigenvalue weighted by Crippen LogP contribution is 2.32. The van der Waals surface area contributed by atoms with E-state index in [1.807, 2.05) is 13.0 Å². The van der Waals surface area contributed by atoms with Crippen LogP contribution >= 0.6 is 27.5 Å². The molecule has 0 aliphatic rings. The van der Waals surface area contributed by atoms with E-state index in [2.05, 4.69) is 15.9 Å². The minimum atomic E-state index is -0.132. The fourth-order valence-electron chi connectivity index (χ4n) is 1.89. The number of aryl methyl sites for hydroxylation is 1. The van der Waals surface area contributed by atoms with Crippen molar-refractivity contribution in [3.63, 3.8) is 0 Å². The molecule has 0 aliphatic carbocycles. The summed E-state index contributed by atoms with van der Waals surface area (Å²) < 4.78 is 11.5. The van der Waals surface area contributed by atoms with E-state index in [9.17, 15) is 4.79 Å². The molecule has 5 heteroatoms. The maximum atomic E-state index is 12.1. The normalized spacial score (nSPS) is 10.3. The van der Waals surface area contributed by atoms with Crippen molar-refractivity contribution in [2.75, 3.05) is 13.7 Å². The summed E-state index contributed by atoms with van der Waals surface area (Å²) >= 11 is 9.48. The number of carbonyl (C=O) groups excluding carboxylic acids is 1. The number of hydrogen-bond acceptors (Lipinski definition) is 3. The number of carbonyl (C=O) groups is 1. The number of methoxy groups -OCH3 is 1. The number of ketones is 1. The summed E-state index contributed by atoms with van der Waals surface area (Å²) in [7, 11) is 1.56. The van der Waals surface area contributed by atoms with Crippen LogP contribution in [0.5, 0.6) is 11.5 Å². The van der Waals surface area contributed by atoms with Crippen LogP contribution in [0.1, 0.15) is 15.9 Å². The summed E-state index contributed by atoms with van der Waals surface area (Å²) in [5, 5.41) is 0.473. The van der Waals surface area contributed by atoms with E-state index in [1.165, 1.54) is 0 Å². The number of rotatable bonds is 5. The lowest BCUT2D eigenvalue weighted by Gasteiger charge is -2.11. The van der Waals surface area contributed by atoms with Crippen molar-refractivity contribution in [2.24, 2.45) is 0 Å². The Morgan fingerprint density at radius 1 is 1.29 bits per heavy atom. The SMILES string of the molecule is COc1cccc(C(=O)COc2c(C)cc(Br)cc2Cl)c1. The summed E-state index contributed by atoms with van der Waals surface area (Å²) in [5.74, 6) is 1.03. The topological polar surface area (TPSA) is 35.5 Å². The average Bonchev–Trinajstić information content (AvgIpc) is 2.46. The first-order valence-corrected chi connectivity index (χ1v) is 7.44. The summed E-state index contributed by atoms with van der Waals surface area (Å²) in [6.45, 7) is 1.80. The summed E-state index contributed by atoms with van der Waals surface area (Å²) in [4.78, 5) is 12.1. The molecule has 0 fully saturated rings. The third-order valence-corrected chi connectivity index (χ3v) is 3.67. The third-order valence-electron chi connectivity index (χ3n) is 2.93. The molecule has 110 valence electrons. The first kappa shape index (κ1) is 15.9. The van der Waals surface area contributed by atoms with Crippen molar-refractivity contribution in [1.29, 1.82) is 0 Å². The molecule has 0 bridgehead atoms. The molecule has 0 aliphatic heterocycles. The Labute approximate surface area is 137 Å². The molecule has 0 heterocycles. The molecule has 0 amide bonds. The van der Waals surface area contributed by atoms with Crippen molar-refractivity contribution < 1.29 is 14.3 Å². The molecule has 0 unspecified atom stereocenters. The van der Waals surface area contributed by atoms with Crippen molar-refractivity contribution in [1.82, 2.24) is 0 Å². The molecular formula is C16H14BrClO3. The first-order valence-electron chi connectivity index (χ1n) is 6.27. The van der Waals surface area contributed by atoms with Gasteiger partial charge in [-0.1, -0.05) is 39.7 Å². The van der Waals surface area contributed by atoms with Crippen LogP contribution in [0.4, 0.5) is 0 Å². The molecule has 0 aromatic heterocycles. The molecule has 21 heavy (non-hydrogen) atoms. The molecule has 0 N–H and O–H groups in total. The van der Waals surface area contributed by atoms with Crippen LogP contribution in [0, 0.1) is 6.92 Å². The molecule has 0 atom stereocenters. The lowest BCUT2D eigenvalue weighted by Crippen LogP contribution is -2.12. The van der Waals surface area contributed by atoms with Crippen LogP contribution in [0.25, 0.3) is 0 Å². The summed E-state index contributed by atoms with van der Waals surface area (Å²) in [6.07, 6.45) is 0. The zero-order valence-electron chi connectivity index (χ0n) is 11.7. The van der Waals surface area contributed by atoms with Crippen LogP contribution in [0.2, 0.25) is 5.02 Å². The lowest BCUT2D eigenvalue weighted by atomic mass is 10.1. The van der Waals surface area contributed by atoms with Crippen molar-refractivity contribution in [3.05, 3.63) is 57.0 Å². The molecule has 0 saturated carbocycles. The van der Waals surface area contributed by atoms with Gasteiger partial charge in [-0.2, -0.15) is 0 Å². The van der Waals surface area contributed by atoms with Crippen molar-refractivity contribution in [2.45, 2.75) is 6.92 Å². The van der Waals surface area contributed by atoms with E-state index >= 15 is 0 Å². The smallest absolute Gasteiger partial charge is 0.200 e. The Morgan fingerprint density at radius 3 is 2.71 bits per heavy atom. The number of Topliss-reactive ketones (excluding diaryl/α,β-unsaturated/α-hetero) is 1. The largest absolute Gasteiger partial charge is 0.497 e. The van der Waals surface area contributed by atoms with Gasteiger partial charge in [0.25, 0.3) is 0 Å². The van der Waals surface area contributed by atoms with Gasteiger partial charge in [0.1, 0.15) is 11.5 Å². The van der Waals surface area contributed by atoms with Crippen LogP contribution in [-0.2, 0) is 0 Å². The fourth-order valence-corrected chi connectivity index (χ4v) is 2.91. The number of benzene rings is 2. The second-order valence-corrected chi connectivity index (χ2v) is 5.80. The predicted molar refractivity (Wildman–Crippen MR) is 86.7 cm³/mol. The molecule has 2 rings (SSSR count). The van der Waals surface area contributed by atoms with E-state index < -0.39 is 0 Å². The minimum absolute atomic E-state index is 0.0740. The van der Waals surface area contributed by atoms with Gasteiger partial charge in [0.2, 0.25) is 0 Å². The molecule has 0 saturated heterocycles. The summed E-state index contributed by atoms with van der Waals surface area (Å²) in [5.41, 5.74) is 1.41. The molecular weight excluding hydrogens is 356 g/mol. The number of ether oxygens (including phenoxy) is 2. The molecule has 0 spiro atoms. The zero-order chi connectivity index (χ0) is 15.4. The van der Waals surface area contributed by atoms with Crippen LogP contribution in [0.3, 0.4) is 0 Å². The highest BCUT2D eigenvalue weighted by atomic mass is 79.9.